The third-order valence-corrected chi connectivity index (χ3v) is 3.12. The number of nitrogens with two attached hydrogens (primary N) is 1. The van der Waals surface area contributed by atoms with Crippen molar-refractivity contribution in [2.45, 2.75) is 0 Å². The Morgan fingerprint density at radius 2 is 2.05 bits per heavy atom. The van der Waals surface area contributed by atoms with Gasteiger partial charge in [-0.3, -0.25) is 0 Å². The highest BCUT2D eigenvalue weighted by Crippen LogP contribution is 2.29. The predicted octanol–water partition coefficient (Wildman–Crippen LogP) is 3.28. The lowest BCUT2D eigenvalue weighted by Gasteiger charge is -2.00. The third kappa shape index (κ3) is 2.39. The molecule has 0 spiro atoms. The molecule has 5 nitrogen and oxygen atoms in total. The summed E-state index contributed by atoms with van der Waals surface area (Å²) in [7, 11) is 0. The lowest BCUT2D eigenvalue weighted by atomic mass is 10.2. The minimum Gasteiger partial charge on any atom is -0.398 e. The zero-order valence-corrected chi connectivity index (χ0v) is 11.6. The van der Waals surface area contributed by atoms with Crippen LogP contribution in [0.4, 0.5) is 10.1 Å². The Bertz CT molecular complexity index is 757. The largest absolute Gasteiger partial charge is 0.398 e. The summed E-state index contributed by atoms with van der Waals surface area (Å²) in [4.78, 5) is 8.11. The molecule has 0 bridgehead atoms. The maximum atomic E-state index is 12.8. The summed E-state index contributed by atoms with van der Waals surface area (Å²) in [5.41, 5.74) is 7.45. The number of pyridine rings is 1. The Kier molecular flexibility index (Phi) is 3.19. The molecular weight excluding hydrogens is 327 g/mol. The van der Waals surface area contributed by atoms with E-state index < -0.39 is 5.82 Å². The number of benzene rings is 1. The number of rotatable bonds is 2. The lowest BCUT2D eigenvalue weighted by molar-refractivity contribution is 0.432. The van der Waals surface area contributed by atoms with Crippen LogP contribution >= 0.6 is 15.9 Å². The van der Waals surface area contributed by atoms with E-state index >= 15 is 0 Å². The van der Waals surface area contributed by atoms with Gasteiger partial charge in [-0.2, -0.15) is 4.98 Å². The minimum atomic E-state index is -0.422. The number of anilines is 1. The lowest BCUT2D eigenvalue weighted by Crippen LogP contribution is -1.90. The van der Waals surface area contributed by atoms with E-state index in [1.165, 1.54) is 12.1 Å². The molecular formula is C13H8BrFN4O. The molecule has 7 heteroatoms. The quantitative estimate of drug-likeness (QED) is 0.727. The summed E-state index contributed by atoms with van der Waals surface area (Å²) in [6.45, 7) is 0. The monoisotopic (exact) mass is 334 g/mol. The molecule has 0 unspecified atom stereocenters. The highest BCUT2D eigenvalue weighted by molar-refractivity contribution is 9.10. The van der Waals surface area contributed by atoms with Gasteiger partial charge in [0.1, 0.15) is 11.5 Å². The highest BCUT2D eigenvalue weighted by atomic mass is 79.9. The number of nitrogens with zero attached hydrogens (tertiary/aromatic N) is 3. The fourth-order valence-corrected chi connectivity index (χ4v) is 2.02. The number of nitrogen functional groups attached to an aromatic ring is 1. The summed E-state index contributed by atoms with van der Waals surface area (Å²) in [6, 6.07) is 8.10. The van der Waals surface area contributed by atoms with Crippen LogP contribution in [-0.2, 0) is 0 Å². The number of halogens is 2. The van der Waals surface area contributed by atoms with Gasteiger partial charge < -0.3 is 10.3 Å². The fraction of sp³-hybridized carbons (Fsp3) is 0. The molecule has 0 aliphatic heterocycles. The maximum Gasteiger partial charge on any atom is 0.260 e. The van der Waals surface area contributed by atoms with Crippen LogP contribution in [0.25, 0.3) is 23.0 Å². The van der Waals surface area contributed by atoms with Gasteiger partial charge in [0, 0.05) is 10.2 Å². The van der Waals surface area contributed by atoms with E-state index in [4.69, 9.17) is 10.3 Å². The standard InChI is InChI=1S/C13H8BrFN4O/c14-7-1-3-10(16)9(5-7)13-18-12(19-20-13)11-4-2-8(15)6-17-11/h1-6H,16H2. The van der Waals surface area contributed by atoms with Crippen LogP contribution in [0.1, 0.15) is 0 Å². The van der Waals surface area contributed by atoms with Gasteiger partial charge >= 0.3 is 0 Å². The van der Waals surface area contributed by atoms with Crippen LogP contribution in [0.5, 0.6) is 0 Å². The van der Waals surface area contributed by atoms with Gasteiger partial charge in [-0.15, -0.1) is 0 Å². The smallest absolute Gasteiger partial charge is 0.260 e. The van der Waals surface area contributed by atoms with E-state index in [1.54, 1.807) is 12.1 Å². The topological polar surface area (TPSA) is 77.8 Å². The Balaban J connectivity index is 2.01. The van der Waals surface area contributed by atoms with Gasteiger partial charge in [-0.25, -0.2) is 9.37 Å². The number of aromatic nitrogens is 3. The van der Waals surface area contributed by atoms with E-state index in [-0.39, 0.29) is 11.7 Å². The normalized spacial score (nSPS) is 10.7. The summed E-state index contributed by atoms with van der Waals surface area (Å²) in [6.07, 6.45) is 1.10. The van der Waals surface area contributed by atoms with Crippen LogP contribution in [0, 0.1) is 5.82 Å². The van der Waals surface area contributed by atoms with E-state index in [2.05, 4.69) is 31.1 Å². The molecule has 20 heavy (non-hydrogen) atoms. The van der Waals surface area contributed by atoms with Crippen molar-refractivity contribution in [3.05, 3.63) is 46.8 Å². The van der Waals surface area contributed by atoms with Crippen molar-refractivity contribution in [1.29, 1.82) is 0 Å². The van der Waals surface area contributed by atoms with Crippen molar-refractivity contribution in [2.24, 2.45) is 0 Å². The van der Waals surface area contributed by atoms with Crippen LogP contribution in [-0.4, -0.2) is 15.1 Å². The van der Waals surface area contributed by atoms with Crippen molar-refractivity contribution in [1.82, 2.24) is 15.1 Å². The Morgan fingerprint density at radius 1 is 1.20 bits per heavy atom. The van der Waals surface area contributed by atoms with Gasteiger partial charge in [0.2, 0.25) is 5.82 Å². The molecule has 2 aromatic heterocycles. The van der Waals surface area contributed by atoms with Crippen molar-refractivity contribution in [3.8, 4) is 23.0 Å². The van der Waals surface area contributed by atoms with Gasteiger partial charge in [0.25, 0.3) is 5.89 Å². The molecule has 0 aliphatic carbocycles. The Labute approximate surface area is 121 Å². The first-order valence-corrected chi connectivity index (χ1v) is 6.44. The van der Waals surface area contributed by atoms with E-state index in [0.717, 1.165) is 10.7 Å². The first-order chi connectivity index (χ1) is 9.63. The average Bonchev–Trinajstić information content (AvgIpc) is 2.92. The van der Waals surface area contributed by atoms with Gasteiger partial charge in [0.05, 0.1) is 11.8 Å². The zero-order chi connectivity index (χ0) is 14.1. The van der Waals surface area contributed by atoms with Crippen molar-refractivity contribution in [3.63, 3.8) is 0 Å². The molecule has 100 valence electrons. The molecule has 0 fully saturated rings. The van der Waals surface area contributed by atoms with Crippen LogP contribution < -0.4 is 5.73 Å². The van der Waals surface area contributed by atoms with Gasteiger partial charge in [0.15, 0.2) is 0 Å². The third-order valence-electron chi connectivity index (χ3n) is 2.63. The van der Waals surface area contributed by atoms with Crippen molar-refractivity contribution < 1.29 is 8.91 Å². The summed E-state index contributed by atoms with van der Waals surface area (Å²) < 4.78 is 18.8. The molecule has 0 aliphatic rings. The summed E-state index contributed by atoms with van der Waals surface area (Å²) >= 11 is 3.35. The molecule has 0 saturated carbocycles. The van der Waals surface area contributed by atoms with Gasteiger partial charge in [-0.05, 0) is 30.3 Å². The Hall–Kier alpha value is -2.28. The zero-order valence-electron chi connectivity index (χ0n) is 10.0. The molecule has 0 radical (unpaired) electrons. The minimum absolute atomic E-state index is 0.277. The fourth-order valence-electron chi connectivity index (χ4n) is 1.66. The van der Waals surface area contributed by atoms with E-state index in [1.807, 2.05) is 6.07 Å². The number of hydrogen-bond donors (Lipinski definition) is 1. The second-order valence-corrected chi connectivity index (χ2v) is 4.93. The maximum absolute atomic E-state index is 12.8. The molecule has 2 heterocycles. The second kappa shape index (κ2) is 5.01. The highest BCUT2D eigenvalue weighted by Gasteiger charge is 2.14. The van der Waals surface area contributed by atoms with Crippen molar-refractivity contribution >= 4 is 21.6 Å². The van der Waals surface area contributed by atoms with E-state index in [9.17, 15) is 4.39 Å². The molecule has 2 N–H and O–H groups in total. The first-order valence-electron chi connectivity index (χ1n) is 5.64. The molecule has 0 atom stereocenters. The first kappa shape index (κ1) is 12.7. The number of hydrogen-bond acceptors (Lipinski definition) is 5. The molecule has 3 rings (SSSR count). The molecule has 0 amide bonds. The molecule has 3 aromatic rings. The van der Waals surface area contributed by atoms with Crippen LogP contribution in [0.2, 0.25) is 0 Å². The predicted molar refractivity (Wildman–Crippen MR) is 75.0 cm³/mol. The van der Waals surface area contributed by atoms with Crippen LogP contribution in [0.3, 0.4) is 0 Å². The molecule has 1 aromatic carbocycles. The second-order valence-electron chi connectivity index (χ2n) is 4.02. The van der Waals surface area contributed by atoms with Crippen molar-refractivity contribution in [2.75, 3.05) is 5.73 Å². The van der Waals surface area contributed by atoms with E-state index in [0.29, 0.717) is 16.9 Å². The summed E-state index contributed by atoms with van der Waals surface area (Å²) in [5, 5.41) is 3.82. The Morgan fingerprint density at radius 3 is 2.80 bits per heavy atom. The van der Waals surface area contributed by atoms with Gasteiger partial charge in [-0.1, -0.05) is 21.1 Å². The summed E-state index contributed by atoms with van der Waals surface area (Å²) in [5.74, 6) is 0.137. The van der Waals surface area contributed by atoms with Crippen LogP contribution in [0.15, 0.2) is 45.5 Å². The SMILES string of the molecule is Nc1ccc(Br)cc1-c1nc(-c2ccc(F)cn2)no1. The average molecular weight is 335 g/mol. The molecule has 0 saturated heterocycles.